The summed E-state index contributed by atoms with van der Waals surface area (Å²) in [6.07, 6.45) is 2.04. The van der Waals surface area contributed by atoms with E-state index in [1.165, 1.54) is 11.8 Å². The minimum absolute atomic E-state index is 0.129. The molecule has 0 aliphatic carbocycles. The van der Waals surface area contributed by atoms with Crippen LogP contribution >= 0.6 is 23.2 Å². The summed E-state index contributed by atoms with van der Waals surface area (Å²) < 4.78 is 5.63. The van der Waals surface area contributed by atoms with Crippen molar-refractivity contribution < 1.29 is 19.4 Å². The third-order valence-electron chi connectivity index (χ3n) is 4.96. The second-order valence-corrected chi connectivity index (χ2v) is 8.10. The molecule has 32 heavy (non-hydrogen) atoms. The first-order valence-electron chi connectivity index (χ1n) is 10.3. The molecule has 0 radical (unpaired) electrons. The molecule has 0 aliphatic rings. The summed E-state index contributed by atoms with van der Waals surface area (Å²) in [5, 5.41) is 13.9. The van der Waals surface area contributed by atoms with E-state index < -0.39 is 11.9 Å². The highest BCUT2D eigenvalue weighted by molar-refractivity contribution is 6.42. The lowest BCUT2D eigenvalue weighted by Crippen LogP contribution is -2.42. The lowest BCUT2D eigenvalue weighted by molar-refractivity contribution is -0.121. The van der Waals surface area contributed by atoms with Gasteiger partial charge in [0.15, 0.2) is 0 Å². The van der Waals surface area contributed by atoms with Crippen molar-refractivity contribution >= 4 is 35.5 Å². The zero-order valence-corrected chi connectivity index (χ0v) is 19.7. The van der Waals surface area contributed by atoms with Gasteiger partial charge in [-0.3, -0.25) is 9.59 Å². The van der Waals surface area contributed by atoms with Crippen LogP contribution in [-0.4, -0.2) is 48.1 Å². The lowest BCUT2D eigenvalue weighted by Gasteiger charge is -2.27. The Kier molecular flexibility index (Phi) is 10.4. The number of amides is 2. The number of nitrogens with zero attached hydrogens (tertiary/aromatic N) is 1. The molecule has 0 fully saturated rings. The van der Waals surface area contributed by atoms with Gasteiger partial charge in [-0.1, -0.05) is 47.5 Å². The van der Waals surface area contributed by atoms with Crippen molar-refractivity contribution in [1.29, 1.82) is 0 Å². The predicted octanol–water partition coefficient (Wildman–Crippen LogP) is 4.80. The van der Waals surface area contributed by atoms with Gasteiger partial charge in [0, 0.05) is 6.54 Å². The van der Waals surface area contributed by atoms with Gasteiger partial charge in [-0.25, -0.2) is 0 Å². The third kappa shape index (κ3) is 7.77. The Morgan fingerprint density at radius 3 is 2.53 bits per heavy atom. The summed E-state index contributed by atoms with van der Waals surface area (Å²) in [7, 11) is 0. The summed E-state index contributed by atoms with van der Waals surface area (Å²) in [6.45, 7) is 4.06. The summed E-state index contributed by atoms with van der Waals surface area (Å²) >= 11 is 11.9. The molecule has 1 unspecified atom stereocenters. The van der Waals surface area contributed by atoms with Crippen molar-refractivity contribution in [1.82, 2.24) is 10.2 Å². The van der Waals surface area contributed by atoms with Crippen LogP contribution < -0.4 is 10.1 Å². The number of allylic oxidation sites excluding steroid dienone is 1. The number of para-hydroxylation sites is 1. The van der Waals surface area contributed by atoms with Crippen LogP contribution in [0.1, 0.15) is 25.8 Å². The molecular weight excluding hydrogens is 451 g/mol. The van der Waals surface area contributed by atoms with Crippen LogP contribution in [0.5, 0.6) is 5.75 Å². The normalized spacial score (nSPS) is 12.5. The fourth-order valence-electron chi connectivity index (χ4n) is 3.23. The first-order chi connectivity index (χ1) is 15.3. The molecule has 2 amide bonds. The molecule has 0 aromatic heterocycles. The van der Waals surface area contributed by atoms with E-state index in [9.17, 15) is 14.7 Å². The zero-order valence-electron chi connectivity index (χ0n) is 18.2. The summed E-state index contributed by atoms with van der Waals surface area (Å²) in [6, 6.07) is 14.1. The SMILES string of the molecule is C/C(O)=C(/C(=O)NCCCc1ccc(Cl)c(Cl)c1)C(C)N(C=O)CCOc1ccccc1. The number of hydrogen-bond donors (Lipinski definition) is 2. The smallest absolute Gasteiger partial charge is 0.252 e. The number of aliphatic hydroxyl groups excluding tert-OH is 1. The van der Waals surface area contributed by atoms with Crippen molar-refractivity contribution in [2.24, 2.45) is 0 Å². The number of nitrogens with one attached hydrogen (secondary N) is 1. The molecule has 0 spiro atoms. The molecular formula is C24H28Cl2N2O4. The standard InChI is InChI=1S/C24H28Cl2N2O4/c1-17(28(16-29)13-14-32-20-8-4-3-5-9-20)23(18(2)30)24(31)27-12-6-7-19-10-11-21(25)22(26)15-19/h3-5,8-11,15-17,30H,6-7,12-14H2,1-2H3,(H,27,31)/b23-18-. The number of aryl methyl sites for hydroxylation is 1. The molecule has 172 valence electrons. The molecule has 0 bridgehead atoms. The minimum Gasteiger partial charge on any atom is -0.512 e. The monoisotopic (exact) mass is 478 g/mol. The molecule has 1 atom stereocenters. The average Bonchev–Trinajstić information content (AvgIpc) is 2.77. The second-order valence-electron chi connectivity index (χ2n) is 7.29. The van der Waals surface area contributed by atoms with E-state index in [1.807, 2.05) is 36.4 Å². The van der Waals surface area contributed by atoms with Crippen LogP contribution in [0.15, 0.2) is 59.9 Å². The van der Waals surface area contributed by atoms with Crippen LogP contribution in [0.2, 0.25) is 10.0 Å². The van der Waals surface area contributed by atoms with Crippen molar-refractivity contribution in [2.45, 2.75) is 32.7 Å². The Morgan fingerprint density at radius 2 is 1.91 bits per heavy atom. The number of benzene rings is 2. The van der Waals surface area contributed by atoms with Crippen LogP contribution in [-0.2, 0) is 16.0 Å². The first kappa shape index (κ1) is 25.6. The van der Waals surface area contributed by atoms with E-state index in [1.54, 1.807) is 19.1 Å². The lowest BCUT2D eigenvalue weighted by atomic mass is 10.0. The molecule has 2 N–H and O–H groups in total. The van der Waals surface area contributed by atoms with Crippen molar-refractivity contribution in [2.75, 3.05) is 19.7 Å². The summed E-state index contributed by atoms with van der Waals surface area (Å²) in [5.74, 6) is 0.151. The molecule has 0 aliphatic heterocycles. The Labute approximate surface area is 198 Å². The van der Waals surface area contributed by atoms with Gasteiger partial charge in [0.05, 0.1) is 34.0 Å². The molecule has 2 aromatic rings. The molecule has 0 saturated carbocycles. The fraction of sp³-hybridized carbons (Fsp3) is 0.333. The molecule has 0 saturated heterocycles. The number of carbonyl (C=O) groups is 2. The highest BCUT2D eigenvalue weighted by Crippen LogP contribution is 2.23. The van der Waals surface area contributed by atoms with Crippen LogP contribution in [0.3, 0.4) is 0 Å². The number of aliphatic hydroxyl groups is 1. The van der Waals surface area contributed by atoms with E-state index in [-0.39, 0.29) is 24.5 Å². The maximum absolute atomic E-state index is 12.7. The topological polar surface area (TPSA) is 78.9 Å². The molecule has 8 heteroatoms. The largest absolute Gasteiger partial charge is 0.512 e. The van der Waals surface area contributed by atoms with Gasteiger partial charge in [0.25, 0.3) is 5.91 Å². The Morgan fingerprint density at radius 1 is 1.19 bits per heavy atom. The number of carbonyl (C=O) groups excluding carboxylic acids is 2. The Hall–Kier alpha value is -2.70. The Bertz CT molecular complexity index is 931. The maximum Gasteiger partial charge on any atom is 0.252 e. The number of halogens is 2. The first-order valence-corrected chi connectivity index (χ1v) is 11.1. The van der Waals surface area contributed by atoms with Crippen molar-refractivity contribution in [3.05, 3.63) is 75.5 Å². The van der Waals surface area contributed by atoms with Gasteiger partial charge in [0.2, 0.25) is 6.41 Å². The zero-order chi connectivity index (χ0) is 23.5. The maximum atomic E-state index is 12.7. The second kappa shape index (κ2) is 13.0. The molecule has 0 heterocycles. The van der Waals surface area contributed by atoms with Gasteiger partial charge in [-0.05, 0) is 56.5 Å². The van der Waals surface area contributed by atoms with E-state index in [0.717, 1.165) is 5.56 Å². The van der Waals surface area contributed by atoms with Gasteiger partial charge in [0.1, 0.15) is 12.4 Å². The van der Waals surface area contributed by atoms with E-state index >= 15 is 0 Å². The highest BCUT2D eigenvalue weighted by atomic mass is 35.5. The van der Waals surface area contributed by atoms with Gasteiger partial charge in [-0.15, -0.1) is 0 Å². The van der Waals surface area contributed by atoms with Crippen molar-refractivity contribution in [3.63, 3.8) is 0 Å². The van der Waals surface area contributed by atoms with Crippen LogP contribution in [0.25, 0.3) is 0 Å². The highest BCUT2D eigenvalue weighted by Gasteiger charge is 2.24. The summed E-state index contributed by atoms with van der Waals surface area (Å²) in [4.78, 5) is 25.8. The van der Waals surface area contributed by atoms with Gasteiger partial charge >= 0.3 is 0 Å². The van der Waals surface area contributed by atoms with Crippen molar-refractivity contribution in [3.8, 4) is 5.75 Å². The van der Waals surface area contributed by atoms with Crippen LogP contribution in [0, 0.1) is 0 Å². The molecule has 2 aromatic carbocycles. The summed E-state index contributed by atoms with van der Waals surface area (Å²) in [5.41, 5.74) is 1.16. The fourth-order valence-corrected chi connectivity index (χ4v) is 3.55. The average molecular weight is 479 g/mol. The van der Waals surface area contributed by atoms with Gasteiger partial charge in [-0.2, -0.15) is 0 Å². The molecule has 2 rings (SSSR count). The third-order valence-corrected chi connectivity index (χ3v) is 5.70. The van der Waals surface area contributed by atoms with E-state index in [0.29, 0.717) is 41.6 Å². The number of rotatable bonds is 12. The minimum atomic E-state index is -0.619. The van der Waals surface area contributed by atoms with E-state index in [2.05, 4.69) is 5.32 Å². The number of hydrogen-bond acceptors (Lipinski definition) is 4. The quantitative estimate of drug-likeness (QED) is 0.198. The Balaban J connectivity index is 1.87. The van der Waals surface area contributed by atoms with E-state index in [4.69, 9.17) is 27.9 Å². The molecule has 6 nitrogen and oxygen atoms in total. The van der Waals surface area contributed by atoms with Crippen LogP contribution in [0.4, 0.5) is 0 Å². The number of ether oxygens (including phenoxy) is 1. The predicted molar refractivity (Wildman–Crippen MR) is 127 cm³/mol. The van der Waals surface area contributed by atoms with Gasteiger partial charge < -0.3 is 20.1 Å².